The Kier molecular flexibility index (Phi) is 9.82. The van der Waals surface area contributed by atoms with E-state index < -0.39 is 40.4 Å². The van der Waals surface area contributed by atoms with Gasteiger partial charge in [0.25, 0.3) is 6.71 Å². The van der Waals surface area contributed by atoms with Crippen molar-refractivity contribution in [1.29, 1.82) is 0 Å². The molecule has 0 N–H and O–H groups in total. The molecule has 0 bridgehead atoms. The summed E-state index contributed by atoms with van der Waals surface area (Å²) in [6, 6.07) is 44.9. The van der Waals surface area contributed by atoms with E-state index in [0.717, 1.165) is 91.3 Å². The summed E-state index contributed by atoms with van der Waals surface area (Å²) in [6.45, 7) is 18.0. The number of thiophene rings is 1. The van der Waals surface area contributed by atoms with Crippen LogP contribution in [-0.2, 0) is 16.2 Å². The predicted molar refractivity (Wildman–Crippen MR) is 291 cm³/mol. The van der Waals surface area contributed by atoms with E-state index in [2.05, 4.69) is 161 Å². The highest BCUT2D eigenvalue weighted by molar-refractivity contribution is 7.33. The maximum atomic E-state index is 15.6. The van der Waals surface area contributed by atoms with Gasteiger partial charge in [0.2, 0.25) is 5.82 Å². The van der Waals surface area contributed by atoms with Crippen molar-refractivity contribution in [2.24, 2.45) is 0 Å². The highest BCUT2D eigenvalue weighted by Gasteiger charge is 2.58. The standard InChI is InChI=1S/C62H53BF5N3OS/c1-59(2,3)35-20-23-38(24-21-35)70-46-32-39(71-43-19-13-12-18-41(43)61(7)26-14-15-27-62(61,71)8)31-45-51(46)63(58-57(70)40-30-36(60(4,5)6)22-25-49(40)73-58)42-28-34-29-48(50-52(64)54(66)56(68)55(67)53(50)65)72-47(34)33-44(42)69(45)37-16-10-9-11-17-37/h9-13,16-25,28-33H,14-15,26-27H2,1-8H3. The Labute approximate surface area is 426 Å². The molecule has 0 saturated heterocycles. The molecule has 4 aliphatic rings. The minimum absolute atomic E-state index is 0.0770. The molecule has 366 valence electrons. The van der Waals surface area contributed by atoms with Crippen LogP contribution in [-0.4, -0.2) is 12.3 Å². The van der Waals surface area contributed by atoms with Gasteiger partial charge >= 0.3 is 0 Å². The largest absolute Gasteiger partial charge is 0.456 e. The van der Waals surface area contributed by atoms with Gasteiger partial charge in [-0.2, -0.15) is 0 Å². The summed E-state index contributed by atoms with van der Waals surface area (Å²) < 4.78 is 83.7. The summed E-state index contributed by atoms with van der Waals surface area (Å²) in [5.41, 5.74) is 12.3. The van der Waals surface area contributed by atoms with Crippen LogP contribution >= 0.6 is 11.3 Å². The van der Waals surface area contributed by atoms with Gasteiger partial charge in [0.05, 0.1) is 16.8 Å². The van der Waals surface area contributed by atoms with Crippen LogP contribution in [0.5, 0.6) is 0 Å². The van der Waals surface area contributed by atoms with Gasteiger partial charge < -0.3 is 19.1 Å². The zero-order chi connectivity index (χ0) is 50.8. The Bertz CT molecular complexity index is 3770. The summed E-state index contributed by atoms with van der Waals surface area (Å²) in [5.74, 6) is -10.6. The van der Waals surface area contributed by atoms with E-state index in [1.807, 2.05) is 30.3 Å². The third-order valence-corrected chi connectivity index (χ3v) is 18.1. The fraction of sp³-hybridized carbons (Fsp3) is 0.258. The molecule has 1 saturated carbocycles. The van der Waals surface area contributed by atoms with Crippen molar-refractivity contribution >= 4 is 100 Å². The number of hydrogen-bond acceptors (Lipinski definition) is 5. The number of benzene rings is 7. The van der Waals surface area contributed by atoms with Crippen LogP contribution in [0.2, 0.25) is 0 Å². The lowest BCUT2D eigenvalue weighted by molar-refractivity contribution is 0.195. The first-order chi connectivity index (χ1) is 34.8. The first-order valence-corrected chi connectivity index (χ1v) is 26.1. The summed E-state index contributed by atoms with van der Waals surface area (Å²) in [6.07, 6.45) is 4.34. The zero-order valence-corrected chi connectivity index (χ0v) is 42.9. The van der Waals surface area contributed by atoms with Crippen molar-refractivity contribution in [3.05, 3.63) is 173 Å². The van der Waals surface area contributed by atoms with Crippen molar-refractivity contribution in [2.45, 2.75) is 103 Å². The quantitative estimate of drug-likeness (QED) is 0.0758. The van der Waals surface area contributed by atoms with Gasteiger partial charge in [-0.3, -0.25) is 0 Å². The predicted octanol–water partition coefficient (Wildman–Crippen LogP) is 16.4. The van der Waals surface area contributed by atoms with Crippen LogP contribution in [0.1, 0.15) is 97.8 Å². The van der Waals surface area contributed by atoms with Gasteiger partial charge in [0.1, 0.15) is 11.3 Å². The molecule has 3 aliphatic heterocycles. The average molecular weight is 994 g/mol. The normalized spacial score (nSPS) is 19.1. The van der Waals surface area contributed by atoms with E-state index in [-0.39, 0.29) is 34.1 Å². The number of anilines is 8. The number of fused-ring (bicyclic) bond motifs is 10. The molecule has 2 unspecified atom stereocenters. The molecule has 1 aliphatic carbocycles. The molecule has 11 heteroatoms. The minimum Gasteiger partial charge on any atom is -0.456 e. The number of rotatable bonds is 4. The lowest BCUT2D eigenvalue weighted by Crippen LogP contribution is -2.60. The van der Waals surface area contributed by atoms with E-state index in [1.165, 1.54) is 28.4 Å². The van der Waals surface area contributed by atoms with Gasteiger partial charge in [-0.25, -0.2) is 22.0 Å². The second kappa shape index (κ2) is 15.6. The topological polar surface area (TPSA) is 22.9 Å². The summed E-state index contributed by atoms with van der Waals surface area (Å²) in [4.78, 5) is 7.37. The molecule has 13 rings (SSSR count). The molecule has 5 heterocycles. The molecule has 0 amide bonds. The van der Waals surface area contributed by atoms with Gasteiger partial charge in [-0.05, 0) is 119 Å². The number of para-hydroxylation sites is 2. The van der Waals surface area contributed by atoms with Crippen LogP contribution in [0, 0.1) is 29.1 Å². The molecule has 73 heavy (non-hydrogen) atoms. The van der Waals surface area contributed by atoms with Crippen LogP contribution in [0.25, 0.3) is 32.4 Å². The molecule has 2 atom stereocenters. The highest BCUT2D eigenvalue weighted by atomic mass is 32.1. The Hall–Kier alpha value is -6.85. The molecule has 0 spiro atoms. The second-order valence-corrected chi connectivity index (χ2v) is 24.2. The summed E-state index contributed by atoms with van der Waals surface area (Å²) in [7, 11) is 0. The maximum absolute atomic E-state index is 15.6. The van der Waals surface area contributed by atoms with E-state index >= 15 is 8.78 Å². The third kappa shape index (κ3) is 6.42. The summed E-state index contributed by atoms with van der Waals surface area (Å²) in [5, 5.41) is 1.59. The van der Waals surface area contributed by atoms with Crippen molar-refractivity contribution in [3.8, 4) is 11.3 Å². The van der Waals surface area contributed by atoms with Crippen molar-refractivity contribution in [1.82, 2.24) is 0 Å². The second-order valence-electron chi connectivity index (χ2n) is 23.1. The Morgan fingerprint density at radius 3 is 1.89 bits per heavy atom. The lowest BCUT2D eigenvalue weighted by atomic mass is 9.36. The molecule has 1 fully saturated rings. The van der Waals surface area contributed by atoms with Crippen molar-refractivity contribution in [3.63, 3.8) is 0 Å². The highest BCUT2D eigenvalue weighted by Crippen LogP contribution is 2.62. The van der Waals surface area contributed by atoms with Crippen LogP contribution in [0.15, 0.2) is 132 Å². The average Bonchev–Trinajstić information content (AvgIpc) is 4.02. The minimum atomic E-state index is -2.22. The van der Waals surface area contributed by atoms with E-state index in [0.29, 0.717) is 5.39 Å². The van der Waals surface area contributed by atoms with E-state index in [4.69, 9.17) is 4.42 Å². The van der Waals surface area contributed by atoms with Crippen LogP contribution in [0.3, 0.4) is 0 Å². The van der Waals surface area contributed by atoms with Crippen molar-refractivity contribution < 1.29 is 26.4 Å². The molecule has 0 radical (unpaired) electrons. The molecular weight excluding hydrogens is 941 g/mol. The SMILES string of the molecule is CC(C)(C)c1ccc(N2c3cc(N4c5ccccc5C5(C)CCCCC45C)cc4c3B(c3cc5cc(-c6c(F)c(F)c(F)c(F)c6F)oc5cc3N4c3ccccc3)c3sc4ccc(C(C)(C)C)cc4c32)cc1. The monoisotopic (exact) mass is 993 g/mol. The van der Waals surface area contributed by atoms with E-state index in [9.17, 15) is 13.2 Å². The number of furan rings is 1. The van der Waals surface area contributed by atoms with E-state index in [1.54, 1.807) is 11.3 Å². The van der Waals surface area contributed by atoms with Crippen LogP contribution in [0.4, 0.5) is 67.5 Å². The first-order valence-electron chi connectivity index (χ1n) is 25.3. The fourth-order valence-corrected chi connectivity index (χ4v) is 14.2. The molecule has 7 aromatic carbocycles. The molecular formula is C62H53BF5N3OS. The summed E-state index contributed by atoms with van der Waals surface area (Å²) >= 11 is 1.76. The third-order valence-electron chi connectivity index (χ3n) is 16.9. The van der Waals surface area contributed by atoms with Crippen molar-refractivity contribution in [2.75, 3.05) is 14.7 Å². The Morgan fingerprint density at radius 1 is 0.575 bits per heavy atom. The fourth-order valence-electron chi connectivity index (χ4n) is 12.9. The molecule has 4 nitrogen and oxygen atoms in total. The van der Waals surface area contributed by atoms with Gasteiger partial charge in [-0.15, -0.1) is 11.3 Å². The van der Waals surface area contributed by atoms with Crippen LogP contribution < -0.4 is 30.4 Å². The Morgan fingerprint density at radius 2 is 1.19 bits per heavy atom. The molecule has 9 aromatic rings. The van der Waals surface area contributed by atoms with Gasteiger partial charge in [0, 0.05) is 71.5 Å². The first kappa shape index (κ1) is 46.0. The van der Waals surface area contributed by atoms with Gasteiger partial charge in [-0.1, -0.05) is 122 Å². The number of hydrogen-bond donors (Lipinski definition) is 0. The Balaban J connectivity index is 1.16. The van der Waals surface area contributed by atoms with Gasteiger partial charge in [0.15, 0.2) is 23.3 Å². The lowest BCUT2D eigenvalue weighted by Gasteiger charge is -2.51. The zero-order valence-electron chi connectivity index (χ0n) is 42.1. The maximum Gasteiger partial charge on any atom is 0.264 e. The number of nitrogens with zero attached hydrogens (tertiary/aromatic N) is 3. The molecule has 2 aromatic heterocycles. The number of halogens is 5. The smallest absolute Gasteiger partial charge is 0.264 e.